The highest BCUT2D eigenvalue weighted by atomic mass is 16.2. The molecule has 50 heavy (non-hydrogen) atoms. The number of unbranched alkanes of at least 4 members (excludes halogenated alkanes) is 1. The lowest BCUT2D eigenvalue weighted by Gasteiger charge is -2.42. The van der Waals surface area contributed by atoms with Gasteiger partial charge >= 0.3 is 6.03 Å². The maximum Gasteiger partial charge on any atom is 0.315 e. The Morgan fingerprint density at radius 1 is 0.960 bits per heavy atom. The molecule has 5 atom stereocenters. The normalized spacial score (nSPS) is 25.3. The molecule has 12 heteroatoms. The Bertz CT molecular complexity index is 1320. The standard InChI is InChI=1S/C38H62N6O6/c1-8-9-14-26(30(46)33(48)39-25-16-17-25)40-32(47)27-15-13-21-44(27)34(49)31(38(7)18-11-10-12-19-38)42-35(50)41-28(36(2,3)4)24-43-22-20-37(5,6)23-29(43)45/h11,18,25-28,31H,8-10,12-17,19-24H2,1-7H3,(H,39,48)(H,40,47)(H2,41,42,50)/t26?,27-,28+,31+,38?/m0/s1. The smallest absolute Gasteiger partial charge is 0.315 e. The van der Waals surface area contributed by atoms with Gasteiger partial charge in [-0.3, -0.25) is 24.0 Å². The Morgan fingerprint density at radius 3 is 2.28 bits per heavy atom. The van der Waals surface area contributed by atoms with Crippen LogP contribution in [0.25, 0.3) is 0 Å². The first-order valence-corrected chi connectivity index (χ1v) is 18.9. The maximum atomic E-state index is 14.5. The molecule has 1 saturated carbocycles. The summed E-state index contributed by atoms with van der Waals surface area (Å²) in [5.74, 6) is -2.07. The van der Waals surface area contributed by atoms with Crippen LogP contribution in [0, 0.1) is 16.2 Å². The number of Topliss-reactive ketones (excluding diaryl/α,β-unsaturated/α-hetero) is 1. The Labute approximate surface area is 298 Å². The molecule has 280 valence electrons. The summed E-state index contributed by atoms with van der Waals surface area (Å²) >= 11 is 0. The van der Waals surface area contributed by atoms with Crippen molar-refractivity contribution in [1.82, 2.24) is 31.1 Å². The van der Waals surface area contributed by atoms with Crippen LogP contribution in [0.15, 0.2) is 12.2 Å². The van der Waals surface area contributed by atoms with Gasteiger partial charge in [-0.2, -0.15) is 0 Å². The van der Waals surface area contributed by atoms with Crippen molar-refractivity contribution in [3.63, 3.8) is 0 Å². The van der Waals surface area contributed by atoms with Gasteiger partial charge < -0.3 is 31.1 Å². The number of carbonyl (C=O) groups excluding carboxylic acids is 6. The van der Waals surface area contributed by atoms with Crippen molar-refractivity contribution in [2.75, 3.05) is 19.6 Å². The summed E-state index contributed by atoms with van der Waals surface area (Å²) < 4.78 is 0. The van der Waals surface area contributed by atoms with Gasteiger partial charge in [-0.15, -0.1) is 0 Å². The Kier molecular flexibility index (Phi) is 12.8. The molecule has 3 fully saturated rings. The zero-order valence-corrected chi connectivity index (χ0v) is 31.5. The molecule has 4 aliphatic rings. The van der Waals surface area contributed by atoms with Crippen LogP contribution < -0.4 is 21.3 Å². The predicted octanol–water partition coefficient (Wildman–Crippen LogP) is 3.98. The number of amides is 6. The predicted molar refractivity (Wildman–Crippen MR) is 192 cm³/mol. The molecule has 2 aliphatic heterocycles. The third-order valence-corrected chi connectivity index (χ3v) is 11.0. The SMILES string of the molecule is CCCCC(NC(=O)[C@@H]1CCCN1C(=O)[C@@H](NC(=O)N[C@H](CN1CCC(C)(C)CC1=O)C(C)(C)C)C1(C)C=CCCC1)C(=O)C(=O)NC1CC1. The van der Waals surface area contributed by atoms with Crippen molar-refractivity contribution in [2.24, 2.45) is 16.2 Å². The second-order valence-corrected chi connectivity index (χ2v) is 17.2. The second kappa shape index (κ2) is 16.3. The van der Waals surface area contributed by atoms with Gasteiger partial charge in [0.05, 0.1) is 12.1 Å². The molecule has 0 aromatic heterocycles. The molecule has 2 unspecified atom stereocenters. The first kappa shape index (κ1) is 39.3. The van der Waals surface area contributed by atoms with Gasteiger partial charge in [0.15, 0.2) is 0 Å². The van der Waals surface area contributed by atoms with E-state index in [0.29, 0.717) is 58.2 Å². The third-order valence-electron chi connectivity index (χ3n) is 11.0. The van der Waals surface area contributed by atoms with Crippen molar-refractivity contribution in [3.05, 3.63) is 12.2 Å². The van der Waals surface area contributed by atoms with Crippen LogP contribution in [0.3, 0.4) is 0 Å². The zero-order chi connectivity index (χ0) is 36.9. The Hall–Kier alpha value is -3.44. The fraction of sp³-hybridized carbons (Fsp3) is 0.789. The summed E-state index contributed by atoms with van der Waals surface area (Å²) in [6.07, 6.45) is 12.3. The highest BCUT2D eigenvalue weighted by molar-refractivity contribution is 6.38. The fourth-order valence-corrected chi connectivity index (χ4v) is 7.29. The van der Waals surface area contributed by atoms with E-state index in [-0.39, 0.29) is 34.7 Å². The van der Waals surface area contributed by atoms with E-state index in [0.717, 1.165) is 38.5 Å². The third kappa shape index (κ3) is 10.3. The summed E-state index contributed by atoms with van der Waals surface area (Å²) in [5, 5.41) is 11.7. The van der Waals surface area contributed by atoms with E-state index in [2.05, 4.69) is 35.1 Å². The van der Waals surface area contributed by atoms with E-state index in [9.17, 15) is 28.8 Å². The van der Waals surface area contributed by atoms with Crippen molar-refractivity contribution < 1.29 is 28.8 Å². The van der Waals surface area contributed by atoms with Crippen LogP contribution >= 0.6 is 0 Å². The number of piperidine rings is 1. The van der Waals surface area contributed by atoms with Crippen LogP contribution in [-0.2, 0) is 24.0 Å². The molecular formula is C38H62N6O6. The number of allylic oxidation sites excluding steroid dienone is 1. The zero-order valence-electron chi connectivity index (χ0n) is 31.5. The summed E-state index contributed by atoms with van der Waals surface area (Å²) in [5.41, 5.74) is -1.12. The lowest BCUT2D eigenvalue weighted by Crippen LogP contribution is -2.62. The van der Waals surface area contributed by atoms with Crippen LogP contribution in [-0.4, -0.2) is 95.1 Å². The minimum atomic E-state index is -0.968. The maximum absolute atomic E-state index is 14.5. The van der Waals surface area contributed by atoms with Crippen LogP contribution in [0.5, 0.6) is 0 Å². The minimum Gasteiger partial charge on any atom is -0.347 e. The van der Waals surface area contributed by atoms with Gasteiger partial charge in [0, 0.05) is 37.5 Å². The van der Waals surface area contributed by atoms with Gasteiger partial charge in [-0.25, -0.2) is 4.79 Å². The molecule has 4 N–H and O–H groups in total. The van der Waals surface area contributed by atoms with Crippen molar-refractivity contribution in [1.29, 1.82) is 0 Å². The average Bonchev–Trinajstić information content (AvgIpc) is 3.71. The molecule has 6 amide bonds. The molecule has 0 spiro atoms. The van der Waals surface area contributed by atoms with E-state index >= 15 is 0 Å². The molecule has 0 aromatic rings. The van der Waals surface area contributed by atoms with Crippen LogP contribution in [0.1, 0.15) is 126 Å². The van der Waals surface area contributed by atoms with E-state index in [4.69, 9.17) is 0 Å². The summed E-state index contributed by atoms with van der Waals surface area (Å²) in [6.45, 7) is 15.5. The van der Waals surface area contributed by atoms with Gasteiger partial charge in [0.1, 0.15) is 12.1 Å². The largest absolute Gasteiger partial charge is 0.347 e. The van der Waals surface area contributed by atoms with Gasteiger partial charge in [-0.05, 0) is 68.6 Å². The molecule has 0 bridgehead atoms. The lowest BCUT2D eigenvalue weighted by molar-refractivity contribution is -0.143. The van der Waals surface area contributed by atoms with Crippen molar-refractivity contribution >= 4 is 35.4 Å². The molecule has 12 nitrogen and oxygen atoms in total. The van der Waals surface area contributed by atoms with Crippen LogP contribution in [0.2, 0.25) is 0 Å². The summed E-state index contributed by atoms with van der Waals surface area (Å²) in [7, 11) is 0. The number of urea groups is 1. The number of rotatable bonds is 14. The highest BCUT2D eigenvalue weighted by Crippen LogP contribution is 2.36. The van der Waals surface area contributed by atoms with Gasteiger partial charge in [0.25, 0.3) is 5.91 Å². The van der Waals surface area contributed by atoms with E-state index in [1.807, 2.05) is 51.7 Å². The molecule has 0 radical (unpaired) electrons. The van der Waals surface area contributed by atoms with E-state index in [1.165, 1.54) is 4.90 Å². The average molecular weight is 699 g/mol. The summed E-state index contributed by atoms with van der Waals surface area (Å²) in [4.78, 5) is 84.2. The molecule has 2 saturated heterocycles. The molecule has 2 aliphatic carbocycles. The summed E-state index contributed by atoms with van der Waals surface area (Å²) in [6, 6.07) is -3.60. The molecular weight excluding hydrogens is 636 g/mol. The first-order valence-electron chi connectivity index (χ1n) is 18.9. The van der Waals surface area contributed by atoms with E-state index in [1.54, 1.807) is 0 Å². The number of nitrogens with zero attached hydrogens (tertiary/aromatic N) is 2. The number of hydrogen-bond donors (Lipinski definition) is 4. The minimum absolute atomic E-state index is 0.0205. The quantitative estimate of drug-likeness (QED) is 0.159. The van der Waals surface area contributed by atoms with Crippen LogP contribution in [0.4, 0.5) is 4.79 Å². The number of ketones is 1. The van der Waals surface area contributed by atoms with Gasteiger partial charge in [-0.1, -0.05) is 73.5 Å². The Balaban J connectivity index is 1.50. The van der Waals surface area contributed by atoms with Crippen molar-refractivity contribution in [2.45, 2.75) is 156 Å². The lowest BCUT2D eigenvalue weighted by atomic mass is 9.74. The number of carbonyl (C=O) groups is 6. The van der Waals surface area contributed by atoms with Gasteiger partial charge in [0.2, 0.25) is 23.5 Å². The molecule has 2 heterocycles. The second-order valence-electron chi connectivity index (χ2n) is 17.2. The number of hydrogen-bond acceptors (Lipinski definition) is 6. The van der Waals surface area contributed by atoms with E-state index < -0.39 is 47.2 Å². The topological polar surface area (TPSA) is 157 Å². The highest BCUT2D eigenvalue weighted by Gasteiger charge is 2.46. The first-order chi connectivity index (χ1) is 23.4. The fourth-order valence-electron chi connectivity index (χ4n) is 7.29. The number of likely N-dealkylation sites (tertiary alicyclic amines) is 2. The Morgan fingerprint density at radius 2 is 1.68 bits per heavy atom. The molecule has 0 aromatic carbocycles. The monoisotopic (exact) mass is 698 g/mol. The molecule has 4 rings (SSSR count). The van der Waals surface area contributed by atoms with Crippen molar-refractivity contribution in [3.8, 4) is 0 Å². The number of nitrogens with one attached hydrogen (secondary N) is 4.